The average molecular weight is 1120 g/mol. The third-order valence-corrected chi connectivity index (χ3v) is 13.7. The molecule has 0 aliphatic carbocycles. The summed E-state index contributed by atoms with van der Waals surface area (Å²) in [6.45, 7) is 26.7. The van der Waals surface area contributed by atoms with Crippen molar-refractivity contribution in [3.63, 3.8) is 0 Å². The Bertz CT molecular complexity index is 3550. The van der Waals surface area contributed by atoms with Crippen LogP contribution in [0.15, 0.2) is 152 Å². The molecular weight excluding hydrogens is 1050 g/mol. The summed E-state index contributed by atoms with van der Waals surface area (Å²) in [6, 6.07) is 57.7. The number of pyridine rings is 1. The van der Waals surface area contributed by atoms with E-state index in [1.165, 1.54) is 22.3 Å². The van der Waals surface area contributed by atoms with Crippen molar-refractivity contribution in [3.05, 3.63) is 198 Å². The predicted molar refractivity (Wildman–Crippen MR) is 295 cm³/mol. The molecule has 0 unspecified atom stereocenters. The third kappa shape index (κ3) is 9.71. The summed E-state index contributed by atoms with van der Waals surface area (Å²) in [4.78, 5) is 9.50. The largest absolute Gasteiger partial charge is 0.509 e. The van der Waals surface area contributed by atoms with Crippen LogP contribution in [0, 0.1) is 25.7 Å². The molecule has 0 atom stereocenters. The molecule has 2 aromatic heterocycles. The number of hydrogen-bond acceptors (Lipinski definition) is 4. The fourth-order valence-electron chi connectivity index (χ4n) is 9.40. The first-order chi connectivity index (χ1) is 34.3. The fraction of sp³-hybridized carbons (Fsp3) is 0.262. The molecule has 10 rings (SSSR count). The van der Waals surface area contributed by atoms with Crippen LogP contribution in [0.2, 0.25) is 0 Å². The molecule has 0 radical (unpaired) electrons. The zero-order valence-corrected chi connectivity index (χ0v) is 45.3. The summed E-state index contributed by atoms with van der Waals surface area (Å²) >= 11 is 0. The molecule has 0 spiro atoms. The minimum atomic E-state index is -2.40. The van der Waals surface area contributed by atoms with Crippen LogP contribution in [0.25, 0.3) is 49.9 Å². The Morgan fingerprint density at radius 1 is 0.521 bits per heavy atom. The van der Waals surface area contributed by atoms with E-state index in [-0.39, 0.29) is 48.3 Å². The molecule has 1 aliphatic rings. The second-order valence-corrected chi connectivity index (χ2v) is 23.0. The summed E-state index contributed by atoms with van der Waals surface area (Å²) in [7, 11) is 0. The normalized spacial score (nSPS) is 14.0. The average Bonchev–Trinajstić information content (AvgIpc) is 3.88. The van der Waals surface area contributed by atoms with E-state index in [9.17, 15) is 0 Å². The summed E-state index contributed by atoms with van der Waals surface area (Å²) in [5.74, 6) is 1.49. The van der Waals surface area contributed by atoms with E-state index in [4.69, 9.17) is 13.8 Å². The molecule has 5 nitrogen and oxygen atoms in total. The second-order valence-electron chi connectivity index (χ2n) is 23.0. The molecule has 1 aliphatic heterocycles. The van der Waals surface area contributed by atoms with Crippen LogP contribution >= 0.6 is 0 Å². The number of hydrogen-bond donors (Lipinski definition) is 0. The number of rotatable bonds is 7. The van der Waals surface area contributed by atoms with Gasteiger partial charge in [-0.1, -0.05) is 167 Å². The molecule has 0 saturated carbocycles. The van der Waals surface area contributed by atoms with Crippen molar-refractivity contribution in [2.45, 2.75) is 112 Å². The Morgan fingerprint density at radius 2 is 1.14 bits per heavy atom. The number of fused-ring (bicyclic) bond motifs is 4. The number of benzene rings is 7. The van der Waals surface area contributed by atoms with E-state index in [1.807, 2.05) is 59.2 Å². The van der Waals surface area contributed by atoms with Crippen LogP contribution in [0.3, 0.4) is 0 Å². The van der Waals surface area contributed by atoms with Crippen molar-refractivity contribution in [3.8, 4) is 39.6 Å². The second kappa shape index (κ2) is 18.3. The number of anilines is 4. The summed E-state index contributed by atoms with van der Waals surface area (Å²) in [5, 5.41) is 1.94. The number of ether oxygens (including phenoxy) is 1. The van der Waals surface area contributed by atoms with E-state index >= 15 is 0 Å². The number of aromatic nitrogens is 2. The molecule has 0 saturated heterocycles. The Hall–Kier alpha value is -6.42. The molecule has 71 heavy (non-hydrogen) atoms. The fourth-order valence-corrected chi connectivity index (χ4v) is 9.40. The van der Waals surface area contributed by atoms with Gasteiger partial charge in [-0.25, -0.2) is 4.98 Å². The van der Waals surface area contributed by atoms with Crippen LogP contribution in [0.4, 0.5) is 22.7 Å². The van der Waals surface area contributed by atoms with Gasteiger partial charge in [0.2, 0.25) is 0 Å². The standard InChI is InChI=1S/C65H65N4O.Pt/c1-42-31-61(66-40-56(42)45-20-17-22-47(33-45)63(5,6)7)69-57-26-15-14-25-54(57)55-29-28-53(39-59(55)69)70-52-24-18-23-50(38-52)67-41-68(51-36-48(64(8,9)10)35-49(37-51)65(11,12)13)60-34-44(27-30-58(60)67)43-19-16-21-46(32-43)62(2,3)4;/h14-37,40-41H,1-13H3;/q-3;/i1D3;. The van der Waals surface area contributed by atoms with Gasteiger partial charge in [0, 0.05) is 71.0 Å². The van der Waals surface area contributed by atoms with E-state index in [2.05, 4.69) is 197 Å². The van der Waals surface area contributed by atoms with Crippen molar-refractivity contribution in [1.82, 2.24) is 9.55 Å². The number of para-hydroxylation sites is 1. The van der Waals surface area contributed by atoms with Crippen molar-refractivity contribution in [2.75, 3.05) is 9.80 Å². The van der Waals surface area contributed by atoms with E-state index in [0.717, 1.165) is 61.2 Å². The topological polar surface area (TPSA) is 33.5 Å². The van der Waals surface area contributed by atoms with Gasteiger partial charge in [0.25, 0.3) is 0 Å². The summed E-state index contributed by atoms with van der Waals surface area (Å²) < 4.78 is 34.8. The van der Waals surface area contributed by atoms with Gasteiger partial charge in [-0.2, -0.15) is 12.1 Å². The van der Waals surface area contributed by atoms with Crippen LogP contribution in [-0.2, 0) is 42.7 Å². The van der Waals surface area contributed by atoms with Gasteiger partial charge in [0.1, 0.15) is 5.82 Å². The minimum absolute atomic E-state index is 0. The van der Waals surface area contributed by atoms with Gasteiger partial charge in [-0.3, -0.25) is 0 Å². The smallest absolute Gasteiger partial charge is 0.135 e. The van der Waals surface area contributed by atoms with Crippen LogP contribution in [0.1, 0.15) is 115 Å². The molecule has 364 valence electrons. The van der Waals surface area contributed by atoms with Gasteiger partial charge in [-0.05, 0) is 115 Å². The molecule has 9 aromatic rings. The van der Waals surface area contributed by atoms with Gasteiger partial charge >= 0.3 is 0 Å². The SMILES string of the molecule is [2H]C([2H])([2H])c1cc(-n2c3[c-]c(Oc4[c-]c(N5[CH-]N(c6cc(C(C)(C)C)cc(C(C)(C)C)c6)c6cc(-c7cccc(C(C)(C)C)c7)ccc65)ccc4)ccc3c3ccccc32)ncc1-c1cccc(C(C)(C)C)c1.[Pt]. The molecule has 0 fully saturated rings. The van der Waals surface area contributed by atoms with Crippen molar-refractivity contribution >= 4 is 44.6 Å². The summed E-state index contributed by atoms with van der Waals surface area (Å²) in [5.41, 5.74) is 14.3. The van der Waals surface area contributed by atoms with E-state index in [1.54, 1.807) is 12.3 Å². The Labute approximate surface area is 441 Å². The van der Waals surface area contributed by atoms with Crippen LogP contribution in [-0.4, -0.2) is 9.55 Å². The maximum atomic E-state index is 8.71. The van der Waals surface area contributed by atoms with Gasteiger partial charge < -0.3 is 19.1 Å². The summed E-state index contributed by atoms with van der Waals surface area (Å²) in [6.07, 6.45) is 1.70. The monoisotopic (exact) mass is 1120 g/mol. The maximum Gasteiger partial charge on any atom is 0.135 e. The zero-order chi connectivity index (χ0) is 52.0. The molecule has 0 amide bonds. The molecule has 7 aromatic carbocycles. The molecule has 3 heterocycles. The van der Waals surface area contributed by atoms with Crippen molar-refractivity contribution in [2.24, 2.45) is 0 Å². The van der Waals surface area contributed by atoms with Gasteiger partial charge in [0.05, 0.1) is 0 Å². The Balaban J connectivity index is 0.00000672. The first kappa shape index (κ1) is 45.7. The number of aryl methyl sites for hydroxylation is 1. The number of nitrogens with zero attached hydrogens (tertiary/aromatic N) is 4. The molecule has 0 bridgehead atoms. The van der Waals surface area contributed by atoms with Gasteiger partial charge in [-0.15, -0.1) is 48.1 Å². The van der Waals surface area contributed by atoms with E-state index in [0.29, 0.717) is 22.9 Å². The maximum absolute atomic E-state index is 8.71. The van der Waals surface area contributed by atoms with Crippen molar-refractivity contribution in [1.29, 1.82) is 0 Å². The Kier molecular flexibility index (Phi) is 11.8. The van der Waals surface area contributed by atoms with Crippen molar-refractivity contribution < 1.29 is 29.9 Å². The zero-order valence-electron chi connectivity index (χ0n) is 46.0. The van der Waals surface area contributed by atoms with Crippen LogP contribution < -0.4 is 14.5 Å². The Morgan fingerprint density at radius 3 is 1.82 bits per heavy atom. The first-order valence-electron chi connectivity index (χ1n) is 25.9. The van der Waals surface area contributed by atoms with E-state index < -0.39 is 6.85 Å². The molecule has 0 N–H and O–H groups in total. The predicted octanol–water partition coefficient (Wildman–Crippen LogP) is 17.8. The van der Waals surface area contributed by atoms with Crippen LogP contribution in [0.5, 0.6) is 11.5 Å². The molecular formula is C65H65N4OPt-3. The third-order valence-electron chi connectivity index (χ3n) is 13.7. The quantitative estimate of drug-likeness (QED) is 0.149. The molecule has 6 heteroatoms. The van der Waals surface area contributed by atoms with Gasteiger partial charge in [0.15, 0.2) is 0 Å². The minimum Gasteiger partial charge on any atom is -0.509 e. The first-order valence-corrected chi connectivity index (χ1v) is 24.4.